The number of hydrogen-bond donors (Lipinski definition) is 2. The lowest BCUT2D eigenvalue weighted by atomic mass is 10.2. The van der Waals surface area contributed by atoms with Gasteiger partial charge in [-0.25, -0.2) is 4.98 Å². The largest absolute Gasteiger partial charge is 0.446 e. The van der Waals surface area contributed by atoms with Crippen molar-refractivity contribution in [2.24, 2.45) is 0 Å². The molecule has 19 heavy (non-hydrogen) atoms. The van der Waals surface area contributed by atoms with Crippen LogP contribution in [0.15, 0.2) is 10.7 Å². The van der Waals surface area contributed by atoms with Gasteiger partial charge in [0.25, 0.3) is 5.91 Å². The number of oxazole rings is 1. The predicted octanol–water partition coefficient (Wildman–Crippen LogP) is 0.535. The Morgan fingerprint density at radius 3 is 3.11 bits per heavy atom. The number of carbonyl (C=O) groups excluding carboxylic acids is 1. The van der Waals surface area contributed by atoms with Gasteiger partial charge < -0.3 is 20.0 Å². The van der Waals surface area contributed by atoms with Gasteiger partial charge >= 0.3 is 0 Å². The molecule has 104 valence electrons. The van der Waals surface area contributed by atoms with Gasteiger partial charge in [-0.15, -0.1) is 0 Å². The van der Waals surface area contributed by atoms with Crippen LogP contribution in [-0.4, -0.2) is 48.5 Å². The van der Waals surface area contributed by atoms with Gasteiger partial charge in [0.15, 0.2) is 5.69 Å². The summed E-state index contributed by atoms with van der Waals surface area (Å²) in [6, 6.07) is 0.173. The number of hydrogen-bond acceptors (Lipinski definition) is 5. The third kappa shape index (κ3) is 2.79. The minimum absolute atomic E-state index is 0.0169. The third-order valence-electron chi connectivity index (χ3n) is 3.73. The number of rotatable bonds is 2. The second-order valence-corrected chi connectivity index (χ2v) is 5.12. The Balaban J connectivity index is 1.68. The first-order chi connectivity index (χ1) is 9.34. The molecule has 1 aromatic heterocycles. The smallest absolute Gasteiger partial charge is 0.275 e. The zero-order valence-corrected chi connectivity index (χ0v) is 11.0. The van der Waals surface area contributed by atoms with Crippen molar-refractivity contribution in [1.82, 2.24) is 20.5 Å². The number of nitrogens with zero attached hydrogens (tertiary/aromatic N) is 2. The fourth-order valence-electron chi connectivity index (χ4n) is 2.65. The van der Waals surface area contributed by atoms with E-state index in [0.29, 0.717) is 11.6 Å². The van der Waals surface area contributed by atoms with Gasteiger partial charge in [-0.05, 0) is 32.4 Å². The van der Waals surface area contributed by atoms with Crippen molar-refractivity contribution in [2.45, 2.75) is 25.3 Å². The van der Waals surface area contributed by atoms with Crippen molar-refractivity contribution in [3.8, 4) is 0 Å². The van der Waals surface area contributed by atoms with Gasteiger partial charge in [0, 0.05) is 19.6 Å². The topological polar surface area (TPSA) is 70.4 Å². The highest BCUT2D eigenvalue weighted by molar-refractivity contribution is 5.92. The summed E-state index contributed by atoms with van der Waals surface area (Å²) >= 11 is 0. The second kappa shape index (κ2) is 5.71. The fraction of sp³-hybridized carbons (Fsp3) is 0.692. The van der Waals surface area contributed by atoms with Crippen molar-refractivity contribution in [3.63, 3.8) is 0 Å². The van der Waals surface area contributed by atoms with Crippen molar-refractivity contribution in [2.75, 3.05) is 32.7 Å². The van der Waals surface area contributed by atoms with Gasteiger partial charge in [-0.2, -0.15) is 0 Å². The SMILES string of the molecule is O=C(c1coc(C2CCCN2)n1)N1CCCNCC1. The van der Waals surface area contributed by atoms with Crippen LogP contribution in [0.2, 0.25) is 0 Å². The highest BCUT2D eigenvalue weighted by atomic mass is 16.3. The molecule has 0 radical (unpaired) electrons. The number of nitrogens with one attached hydrogen (secondary N) is 2. The Morgan fingerprint density at radius 1 is 1.32 bits per heavy atom. The van der Waals surface area contributed by atoms with Gasteiger partial charge in [-0.1, -0.05) is 0 Å². The Kier molecular flexibility index (Phi) is 3.79. The van der Waals surface area contributed by atoms with Crippen LogP contribution < -0.4 is 10.6 Å². The molecule has 3 heterocycles. The summed E-state index contributed by atoms with van der Waals surface area (Å²) in [5.74, 6) is 0.630. The molecular weight excluding hydrogens is 244 g/mol. The van der Waals surface area contributed by atoms with Crippen LogP contribution in [0.3, 0.4) is 0 Å². The van der Waals surface area contributed by atoms with Crippen molar-refractivity contribution in [3.05, 3.63) is 17.8 Å². The summed E-state index contributed by atoms with van der Waals surface area (Å²) in [6.07, 6.45) is 4.65. The molecule has 1 atom stereocenters. The monoisotopic (exact) mass is 264 g/mol. The minimum Gasteiger partial charge on any atom is -0.446 e. The molecule has 0 bridgehead atoms. The van der Waals surface area contributed by atoms with E-state index in [1.807, 2.05) is 4.90 Å². The van der Waals surface area contributed by atoms with Gasteiger partial charge in [0.05, 0.1) is 6.04 Å². The lowest BCUT2D eigenvalue weighted by Crippen LogP contribution is -2.34. The summed E-state index contributed by atoms with van der Waals surface area (Å²) < 4.78 is 5.46. The Bertz CT molecular complexity index is 432. The fourth-order valence-corrected chi connectivity index (χ4v) is 2.65. The van der Waals surface area contributed by atoms with E-state index in [0.717, 1.165) is 52.0 Å². The van der Waals surface area contributed by atoms with Crippen LogP contribution in [0.1, 0.15) is 41.7 Å². The van der Waals surface area contributed by atoms with Crippen LogP contribution in [-0.2, 0) is 0 Å². The molecule has 2 aliphatic heterocycles. The standard InChI is InChI=1S/C13H20N4O2/c18-13(17-7-2-4-14-6-8-17)11-9-19-12(16-11)10-3-1-5-15-10/h9-10,14-15H,1-8H2. The molecule has 1 aromatic rings. The van der Waals surface area contributed by atoms with Crippen molar-refractivity contribution in [1.29, 1.82) is 0 Å². The van der Waals surface area contributed by atoms with Crippen LogP contribution in [0, 0.1) is 0 Å². The van der Waals surface area contributed by atoms with E-state index >= 15 is 0 Å². The highest BCUT2D eigenvalue weighted by Crippen LogP contribution is 2.22. The van der Waals surface area contributed by atoms with Crippen LogP contribution in [0.5, 0.6) is 0 Å². The first-order valence-corrected chi connectivity index (χ1v) is 7.03. The molecular formula is C13H20N4O2. The summed E-state index contributed by atoms with van der Waals surface area (Å²) in [5, 5.41) is 6.61. The average molecular weight is 264 g/mol. The Morgan fingerprint density at radius 2 is 2.26 bits per heavy atom. The molecule has 0 aliphatic carbocycles. The summed E-state index contributed by atoms with van der Waals surface area (Å²) in [5.41, 5.74) is 0.436. The highest BCUT2D eigenvalue weighted by Gasteiger charge is 2.25. The predicted molar refractivity (Wildman–Crippen MR) is 69.9 cm³/mol. The summed E-state index contributed by atoms with van der Waals surface area (Å²) in [6.45, 7) is 4.34. The second-order valence-electron chi connectivity index (χ2n) is 5.12. The summed E-state index contributed by atoms with van der Waals surface area (Å²) in [4.78, 5) is 18.5. The van der Waals surface area contributed by atoms with E-state index in [1.165, 1.54) is 6.26 Å². The van der Waals surface area contributed by atoms with Gasteiger partial charge in [0.2, 0.25) is 5.89 Å². The molecule has 0 aromatic carbocycles. The maximum absolute atomic E-state index is 12.3. The van der Waals surface area contributed by atoms with E-state index in [9.17, 15) is 4.79 Å². The number of carbonyl (C=O) groups is 1. The molecule has 2 fully saturated rings. The number of amides is 1. The van der Waals surface area contributed by atoms with Crippen LogP contribution in [0.25, 0.3) is 0 Å². The third-order valence-corrected chi connectivity index (χ3v) is 3.73. The first kappa shape index (κ1) is 12.6. The summed E-state index contributed by atoms with van der Waals surface area (Å²) in [7, 11) is 0. The van der Waals surface area contributed by atoms with E-state index in [4.69, 9.17) is 4.42 Å². The lowest BCUT2D eigenvalue weighted by molar-refractivity contribution is 0.0760. The molecule has 2 aliphatic rings. The molecule has 6 heteroatoms. The maximum Gasteiger partial charge on any atom is 0.275 e. The Hall–Kier alpha value is -1.40. The zero-order chi connectivity index (χ0) is 13.1. The minimum atomic E-state index is -0.0169. The maximum atomic E-state index is 12.3. The zero-order valence-electron chi connectivity index (χ0n) is 11.0. The molecule has 0 spiro atoms. The lowest BCUT2D eigenvalue weighted by Gasteiger charge is -2.18. The molecule has 6 nitrogen and oxygen atoms in total. The van der Waals surface area contributed by atoms with E-state index < -0.39 is 0 Å². The van der Waals surface area contributed by atoms with Gasteiger partial charge in [0.1, 0.15) is 6.26 Å². The molecule has 3 rings (SSSR count). The number of aromatic nitrogens is 1. The van der Waals surface area contributed by atoms with E-state index in [-0.39, 0.29) is 11.9 Å². The van der Waals surface area contributed by atoms with E-state index in [1.54, 1.807) is 0 Å². The van der Waals surface area contributed by atoms with Crippen molar-refractivity contribution < 1.29 is 9.21 Å². The molecule has 1 unspecified atom stereocenters. The average Bonchev–Trinajstić information content (AvgIpc) is 3.04. The Labute approximate surface area is 112 Å². The van der Waals surface area contributed by atoms with Gasteiger partial charge in [-0.3, -0.25) is 4.79 Å². The van der Waals surface area contributed by atoms with Crippen molar-refractivity contribution >= 4 is 5.91 Å². The molecule has 0 saturated carbocycles. The van der Waals surface area contributed by atoms with Crippen LogP contribution in [0.4, 0.5) is 0 Å². The quantitative estimate of drug-likeness (QED) is 0.815. The van der Waals surface area contributed by atoms with E-state index in [2.05, 4.69) is 15.6 Å². The molecule has 2 saturated heterocycles. The first-order valence-electron chi connectivity index (χ1n) is 7.03. The molecule has 1 amide bonds. The normalized spacial score (nSPS) is 24.4. The molecule has 2 N–H and O–H groups in total. The van der Waals surface area contributed by atoms with Crippen LogP contribution >= 0.6 is 0 Å².